The van der Waals surface area contributed by atoms with E-state index in [2.05, 4.69) is 252 Å². The van der Waals surface area contributed by atoms with E-state index in [1.165, 1.54) is 41.5 Å². The Morgan fingerprint density at radius 3 is 1.03 bits per heavy atom. The van der Waals surface area contributed by atoms with Gasteiger partial charge in [0.25, 0.3) is 0 Å². The van der Waals surface area contributed by atoms with Gasteiger partial charge in [-0.1, -0.05) is 194 Å². The molecule has 4 nitrogen and oxygen atoms in total. The number of nitriles is 1. The number of fused-ring (bicyclic) bond motifs is 4. The molecule has 12 rings (SSSR count). The van der Waals surface area contributed by atoms with Crippen LogP contribution in [0, 0.1) is 11.3 Å². The van der Waals surface area contributed by atoms with Crippen molar-refractivity contribution in [1.82, 2.24) is 4.98 Å². The number of hydrogen-bond acceptors (Lipinski definition) is 4. The second kappa shape index (κ2) is 16.0. The minimum absolute atomic E-state index is 0.582. The molecular weight excluding hydrogens is 833 g/mol. The quantitative estimate of drug-likeness (QED) is 0.150. The molecule has 310 valence electrons. The van der Waals surface area contributed by atoms with E-state index >= 15 is 0 Å². The van der Waals surface area contributed by atoms with Gasteiger partial charge < -0.3 is 9.80 Å². The van der Waals surface area contributed by atoms with Gasteiger partial charge in [0.2, 0.25) is 0 Å². The first-order valence-corrected chi connectivity index (χ1v) is 26.4. The summed E-state index contributed by atoms with van der Waals surface area (Å²) in [6.07, 6.45) is 3.89. The maximum atomic E-state index is 10.6. The van der Waals surface area contributed by atoms with Crippen molar-refractivity contribution in [2.45, 2.75) is 0 Å². The molecule has 6 heteroatoms. The summed E-state index contributed by atoms with van der Waals surface area (Å²) in [6.45, 7) is 0. The van der Waals surface area contributed by atoms with Crippen LogP contribution in [0.3, 0.4) is 0 Å². The zero-order chi connectivity index (χ0) is 44.1. The Bertz CT molecular complexity index is 3290. The van der Waals surface area contributed by atoms with Crippen molar-refractivity contribution in [3.05, 3.63) is 261 Å². The van der Waals surface area contributed by atoms with Crippen molar-refractivity contribution in [1.29, 1.82) is 5.26 Å². The summed E-state index contributed by atoms with van der Waals surface area (Å²) in [5, 5.41) is 21.2. The molecule has 0 saturated carbocycles. The van der Waals surface area contributed by atoms with Crippen molar-refractivity contribution >= 4 is 91.8 Å². The van der Waals surface area contributed by atoms with E-state index in [-0.39, 0.29) is 0 Å². The van der Waals surface area contributed by atoms with Gasteiger partial charge >= 0.3 is 0 Å². The molecule has 0 amide bonds. The second-order valence-electron chi connectivity index (χ2n) is 16.9. The van der Waals surface area contributed by atoms with Crippen molar-refractivity contribution in [2.24, 2.45) is 0 Å². The molecule has 0 aliphatic carbocycles. The summed E-state index contributed by atoms with van der Waals surface area (Å²) in [5.74, 6) is 0. The highest BCUT2D eigenvalue weighted by Crippen LogP contribution is 2.48. The number of rotatable bonds is 7. The molecule has 0 N–H and O–H groups in total. The average molecular weight is 875 g/mol. The number of benzene rings is 9. The summed E-state index contributed by atoms with van der Waals surface area (Å²) >= 11 is 0. The molecule has 0 unspecified atom stereocenters. The van der Waals surface area contributed by atoms with E-state index in [9.17, 15) is 5.26 Å². The standard InChI is InChI=1S/C60H42N4Si2/c61-42-44-37-38-51(63-53-29-13-17-33-57(53)65(45-21-5-1-6-22-45,46-23-7-2-8-24-46)58-34-18-14-30-54(58)63)49(41-44)50-43-62-40-39-52(50)64-55-31-15-19-35-59(55)66(47-25-9-3-10-26-47,48-27-11-4-12-28-48)60-36-20-16-32-56(60)64/h1-41,43H. The first-order chi connectivity index (χ1) is 32.7. The largest absolute Gasteiger partial charge is 0.310 e. The van der Waals surface area contributed by atoms with Crippen LogP contribution in [0.1, 0.15) is 5.56 Å². The van der Waals surface area contributed by atoms with Gasteiger partial charge in [-0.05, 0) is 90.0 Å². The van der Waals surface area contributed by atoms with Gasteiger partial charge in [-0.25, -0.2) is 0 Å². The van der Waals surface area contributed by atoms with Crippen LogP contribution >= 0.6 is 0 Å². The van der Waals surface area contributed by atoms with Crippen LogP contribution in [-0.2, 0) is 0 Å². The van der Waals surface area contributed by atoms with Crippen LogP contribution < -0.4 is 51.3 Å². The third-order valence-electron chi connectivity index (χ3n) is 13.7. The molecule has 1 aromatic heterocycles. The molecule has 0 saturated heterocycles. The number of hydrogen-bond donors (Lipinski definition) is 0. The molecule has 9 aromatic carbocycles. The van der Waals surface area contributed by atoms with E-state index in [0.717, 1.165) is 45.3 Å². The molecule has 0 fully saturated rings. The van der Waals surface area contributed by atoms with Crippen LogP contribution in [0.4, 0.5) is 34.1 Å². The first kappa shape index (κ1) is 39.3. The topological polar surface area (TPSA) is 43.2 Å². The SMILES string of the molecule is N#Cc1ccc(N2c3ccccc3[Si](c3ccccc3)(c3ccccc3)c3ccccc32)c(-c2cnccc2N2c3ccccc3[Si](c3ccccc3)(c3ccccc3)c3ccccc32)c1. The zero-order valence-electron chi connectivity index (χ0n) is 36.0. The molecule has 0 spiro atoms. The van der Waals surface area contributed by atoms with Crippen LogP contribution in [0.2, 0.25) is 0 Å². The predicted octanol–water partition coefficient (Wildman–Crippen LogP) is 8.94. The third kappa shape index (κ3) is 5.78. The van der Waals surface area contributed by atoms with Gasteiger partial charge in [-0.3, -0.25) is 4.98 Å². The van der Waals surface area contributed by atoms with E-state index in [4.69, 9.17) is 4.98 Å². The number of aromatic nitrogens is 1. The minimum atomic E-state index is -2.86. The molecular formula is C60H42N4Si2. The van der Waals surface area contributed by atoms with Crippen molar-refractivity contribution in [2.75, 3.05) is 9.80 Å². The highest BCUT2D eigenvalue weighted by Gasteiger charge is 2.50. The van der Waals surface area contributed by atoms with Gasteiger partial charge in [0.15, 0.2) is 16.1 Å². The Hall–Kier alpha value is -8.35. The molecule has 2 aliphatic rings. The number of para-hydroxylation sites is 4. The van der Waals surface area contributed by atoms with Crippen molar-refractivity contribution in [3.63, 3.8) is 0 Å². The molecule has 2 aliphatic heterocycles. The lowest BCUT2D eigenvalue weighted by Gasteiger charge is -2.46. The Morgan fingerprint density at radius 2 is 0.667 bits per heavy atom. The molecule has 3 heterocycles. The molecule has 0 radical (unpaired) electrons. The molecule has 0 bridgehead atoms. The number of anilines is 6. The lowest BCUT2D eigenvalue weighted by Crippen LogP contribution is -2.77. The molecule has 10 aromatic rings. The normalized spacial score (nSPS) is 13.9. The summed E-state index contributed by atoms with van der Waals surface area (Å²) in [6, 6.07) is 91.2. The second-order valence-corrected chi connectivity index (χ2v) is 24.4. The predicted molar refractivity (Wildman–Crippen MR) is 278 cm³/mol. The minimum Gasteiger partial charge on any atom is -0.310 e. The molecule has 0 atom stereocenters. The van der Waals surface area contributed by atoms with Crippen LogP contribution in [0.15, 0.2) is 255 Å². The summed E-state index contributed by atoms with van der Waals surface area (Å²) in [5.41, 5.74) is 8.92. The highest BCUT2D eigenvalue weighted by atomic mass is 28.3. The van der Waals surface area contributed by atoms with Gasteiger partial charge in [0.1, 0.15) is 0 Å². The summed E-state index contributed by atoms with van der Waals surface area (Å²) < 4.78 is 0. The fourth-order valence-corrected chi connectivity index (χ4v) is 21.4. The Labute approximate surface area is 387 Å². The van der Waals surface area contributed by atoms with Gasteiger partial charge in [-0.15, -0.1) is 0 Å². The van der Waals surface area contributed by atoms with E-state index in [0.29, 0.717) is 5.56 Å². The summed E-state index contributed by atoms with van der Waals surface area (Å²) in [7, 11) is -5.72. The highest BCUT2D eigenvalue weighted by molar-refractivity contribution is 7.22. The number of nitrogens with zero attached hydrogens (tertiary/aromatic N) is 4. The zero-order valence-corrected chi connectivity index (χ0v) is 38.0. The maximum Gasteiger partial charge on any atom is 0.184 e. The van der Waals surface area contributed by atoms with Crippen molar-refractivity contribution < 1.29 is 0 Å². The maximum absolute atomic E-state index is 10.6. The lowest BCUT2D eigenvalue weighted by molar-refractivity contribution is 1.24. The van der Waals surface area contributed by atoms with Crippen LogP contribution in [0.25, 0.3) is 11.1 Å². The van der Waals surface area contributed by atoms with E-state index in [1.54, 1.807) is 0 Å². The fourth-order valence-electron chi connectivity index (χ4n) is 11.1. The van der Waals surface area contributed by atoms with E-state index in [1.807, 2.05) is 18.5 Å². The Balaban J connectivity index is 1.12. The summed E-state index contributed by atoms with van der Waals surface area (Å²) in [4.78, 5) is 9.76. The van der Waals surface area contributed by atoms with E-state index < -0.39 is 16.1 Å². The Kier molecular flexibility index (Phi) is 9.53. The van der Waals surface area contributed by atoms with Gasteiger partial charge in [0, 0.05) is 46.3 Å². The van der Waals surface area contributed by atoms with Gasteiger partial charge in [-0.2, -0.15) is 5.26 Å². The smallest absolute Gasteiger partial charge is 0.184 e. The first-order valence-electron chi connectivity index (χ1n) is 22.4. The molecule has 66 heavy (non-hydrogen) atoms. The monoisotopic (exact) mass is 874 g/mol. The van der Waals surface area contributed by atoms with Crippen LogP contribution in [-0.4, -0.2) is 21.1 Å². The lowest BCUT2D eigenvalue weighted by atomic mass is 9.98. The Morgan fingerprint density at radius 1 is 0.333 bits per heavy atom. The average Bonchev–Trinajstić information content (AvgIpc) is 3.40. The van der Waals surface area contributed by atoms with Gasteiger partial charge in [0.05, 0.1) is 23.0 Å². The third-order valence-corrected chi connectivity index (χ3v) is 23.4. The van der Waals surface area contributed by atoms with Crippen LogP contribution in [0.5, 0.6) is 0 Å². The number of pyridine rings is 1. The van der Waals surface area contributed by atoms with Crippen molar-refractivity contribution in [3.8, 4) is 17.2 Å². The fraction of sp³-hybridized carbons (Fsp3) is 0.